The molecule has 1 aliphatic carbocycles. The SMILES string of the molecule is CNc1cc(SNc2ccc(N3CCN(c4cccc(-c5cc(C(F)(F)F)nn5-c5ccc(Cl)cc5)c4)CC3)cc2)ccc1NSC1=CCCC=C1. The quantitative estimate of drug-likeness (QED) is 0.115. The van der Waals surface area contributed by atoms with Gasteiger partial charge in [0.2, 0.25) is 0 Å². The normalized spacial score (nSPS) is 14.7. The minimum atomic E-state index is -4.57. The van der Waals surface area contributed by atoms with Crippen molar-refractivity contribution in [3.63, 3.8) is 0 Å². The molecule has 1 saturated heterocycles. The molecule has 0 bridgehead atoms. The monoisotopic (exact) mass is 759 g/mol. The number of hydrogen-bond donors (Lipinski definition) is 3. The minimum Gasteiger partial charge on any atom is -0.386 e. The van der Waals surface area contributed by atoms with E-state index in [4.69, 9.17) is 11.6 Å². The van der Waals surface area contributed by atoms with Crippen LogP contribution in [-0.4, -0.2) is 43.0 Å². The van der Waals surface area contributed by atoms with Gasteiger partial charge in [0.05, 0.1) is 22.8 Å². The molecule has 3 N–H and O–H groups in total. The summed E-state index contributed by atoms with van der Waals surface area (Å²) in [6.45, 7) is 3.17. The Hall–Kier alpha value is -4.65. The fourth-order valence-corrected chi connectivity index (χ4v) is 7.69. The Kier molecular flexibility index (Phi) is 11.0. The number of alkyl halides is 3. The number of anilines is 5. The Labute approximate surface area is 315 Å². The molecule has 1 fully saturated rings. The predicted octanol–water partition coefficient (Wildman–Crippen LogP) is 11.0. The van der Waals surface area contributed by atoms with Gasteiger partial charge in [-0.2, -0.15) is 18.3 Å². The molecule has 0 spiro atoms. The van der Waals surface area contributed by atoms with Gasteiger partial charge in [-0.25, -0.2) is 4.68 Å². The highest BCUT2D eigenvalue weighted by Gasteiger charge is 2.35. The molecule has 13 heteroatoms. The van der Waals surface area contributed by atoms with E-state index in [9.17, 15) is 13.2 Å². The lowest BCUT2D eigenvalue weighted by atomic mass is 10.1. The second kappa shape index (κ2) is 15.9. The standard InChI is InChI=1S/C39H37ClF3N7S2/c1-44-36-25-34(18-19-35(36)47-51-33-8-3-2-4-9-33)52-46-29-12-16-30(17-13-29)48-20-22-49(23-21-48)32-7-5-6-27(24-32)37-26-38(39(41,42)43)45-50(37)31-14-10-28(40)11-15-31/h3,5-19,24-26,44,46-47H,2,4,20-23H2,1H3. The number of halogens is 4. The number of piperazine rings is 1. The second-order valence-electron chi connectivity index (χ2n) is 12.3. The summed E-state index contributed by atoms with van der Waals surface area (Å²) < 4.78 is 49.5. The van der Waals surface area contributed by atoms with Crippen LogP contribution in [0.4, 0.5) is 41.6 Å². The smallest absolute Gasteiger partial charge is 0.386 e. The van der Waals surface area contributed by atoms with Gasteiger partial charge in [-0.1, -0.05) is 42.0 Å². The number of hydrogen-bond acceptors (Lipinski definition) is 8. The van der Waals surface area contributed by atoms with Crippen molar-refractivity contribution < 1.29 is 13.2 Å². The van der Waals surface area contributed by atoms with Gasteiger partial charge in [0, 0.05) is 70.7 Å². The topological polar surface area (TPSA) is 60.4 Å². The molecule has 2 heterocycles. The summed E-state index contributed by atoms with van der Waals surface area (Å²) in [5.41, 5.74) is 5.74. The van der Waals surface area contributed by atoms with Gasteiger partial charge in [-0.15, -0.1) is 0 Å². The molecule has 0 unspecified atom stereocenters. The Morgan fingerprint density at radius 1 is 0.731 bits per heavy atom. The molecule has 1 aromatic heterocycles. The van der Waals surface area contributed by atoms with E-state index in [0.717, 1.165) is 78.4 Å². The van der Waals surface area contributed by atoms with E-state index in [1.165, 1.54) is 9.59 Å². The molecular weight excluding hydrogens is 723 g/mol. The van der Waals surface area contributed by atoms with Gasteiger partial charge in [0.15, 0.2) is 5.69 Å². The number of rotatable bonds is 11. The summed E-state index contributed by atoms with van der Waals surface area (Å²) in [4.78, 5) is 6.94. The van der Waals surface area contributed by atoms with Gasteiger partial charge in [-0.3, -0.25) is 0 Å². The van der Waals surface area contributed by atoms with Crippen LogP contribution in [-0.2, 0) is 6.18 Å². The Morgan fingerprint density at radius 2 is 1.46 bits per heavy atom. The zero-order valence-electron chi connectivity index (χ0n) is 28.3. The van der Waals surface area contributed by atoms with Crippen LogP contribution < -0.4 is 24.6 Å². The lowest BCUT2D eigenvalue weighted by molar-refractivity contribution is -0.141. The molecule has 0 radical (unpaired) electrons. The van der Waals surface area contributed by atoms with E-state index in [2.05, 4.69) is 90.4 Å². The molecular formula is C39H37ClF3N7S2. The first-order valence-corrected chi connectivity index (χ1v) is 18.9. The summed E-state index contributed by atoms with van der Waals surface area (Å²) in [6.07, 6.45) is 4.23. The number of benzene rings is 4. The lowest BCUT2D eigenvalue weighted by Gasteiger charge is -2.37. The fourth-order valence-electron chi connectivity index (χ4n) is 6.11. The summed E-state index contributed by atoms with van der Waals surface area (Å²) >= 11 is 9.23. The van der Waals surface area contributed by atoms with E-state index in [0.29, 0.717) is 22.0 Å². The van der Waals surface area contributed by atoms with Crippen LogP contribution >= 0.6 is 35.5 Å². The summed E-state index contributed by atoms with van der Waals surface area (Å²) in [6, 6.07) is 30.1. The van der Waals surface area contributed by atoms with Crippen LogP contribution in [0.3, 0.4) is 0 Å². The molecule has 1 aliphatic heterocycles. The van der Waals surface area contributed by atoms with Crippen molar-refractivity contribution in [2.75, 3.05) is 57.8 Å². The summed E-state index contributed by atoms with van der Waals surface area (Å²) in [7, 11) is 1.93. The van der Waals surface area contributed by atoms with Crippen molar-refractivity contribution in [2.24, 2.45) is 0 Å². The third-order valence-corrected chi connectivity index (χ3v) is 10.8. The van der Waals surface area contributed by atoms with Crippen molar-refractivity contribution in [1.82, 2.24) is 9.78 Å². The van der Waals surface area contributed by atoms with Gasteiger partial charge >= 0.3 is 6.18 Å². The van der Waals surface area contributed by atoms with Gasteiger partial charge in [-0.05, 0) is 122 Å². The highest BCUT2D eigenvalue weighted by Crippen LogP contribution is 2.36. The molecule has 0 saturated carbocycles. The molecule has 0 amide bonds. The fraction of sp³-hybridized carbons (Fsp3) is 0.205. The van der Waals surface area contributed by atoms with Crippen LogP contribution in [0, 0.1) is 0 Å². The van der Waals surface area contributed by atoms with Gasteiger partial charge in [0.25, 0.3) is 0 Å². The highest BCUT2D eigenvalue weighted by atomic mass is 35.5. The Bertz CT molecular complexity index is 2060. The molecule has 2 aliphatic rings. The van der Waals surface area contributed by atoms with Crippen molar-refractivity contribution in [2.45, 2.75) is 23.9 Å². The largest absolute Gasteiger partial charge is 0.435 e. The maximum Gasteiger partial charge on any atom is 0.435 e. The summed E-state index contributed by atoms with van der Waals surface area (Å²) in [5.74, 6) is 0. The third kappa shape index (κ3) is 8.52. The molecule has 0 atom stereocenters. The molecule has 5 aromatic rings. The predicted molar refractivity (Wildman–Crippen MR) is 213 cm³/mol. The highest BCUT2D eigenvalue weighted by molar-refractivity contribution is 8.04. The minimum absolute atomic E-state index is 0.360. The molecule has 7 nitrogen and oxygen atoms in total. The van der Waals surface area contributed by atoms with Crippen molar-refractivity contribution in [1.29, 1.82) is 0 Å². The maximum absolute atomic E-state index is 13.7. The van der Waals surface area contributed by atoms with Crippen LogP contribution in [0.25, 0.3) is 16.9 Å². The zero-order chi connectivity index (χ0) is 36.1. The van der Waals surface area contributed by atoms with Crippen molar-refractivity contribution >= 4 is 63.9 Å². The maximum atomic E-state index is 13.7. The van der Waals surface area contributed by atoms with Gasteiger partial charge < -0.3 is 24.6 Å². The average molecular weight is 760 g/mol. The van der Waals surface area contributed by atoms with E-state index >= 15 is 0 Å². The molecule has 52 heavy (non-hydrogen) atoms. The van der Waals surface area contributed by atoms with E-state index in [1.807, 2.05) is 31.3 Å². The van der Waals surface area contributed by atoms with E-state index in [-0.39, 0.29) is 0 Å². The van der Waals surface area contributed by atoms with Gasteiger partial charge in [0.1, 0.15) is 0 Å². The number of nitrogens with zero attached hydrogens (tertiary/aromatic N) is 4. The number of aromatic nitrogens is 2. The number of allylic oxidation sites excluding steroid dienone is 3. The molecule has 268 valence electrons. The Morgan fingerprint density at radius 3 is 2.15 bits per heavy atom. The van der Waals surface area contributed by atoms with Crippen LogP contribution in [0.1, 0.15) is 18.5 Å². The van der Waals surface area contributed by atoms with Crippen LogP contribution in [0.15, 0.2) is 125 Å². The lowest BCUT2D eigenvalue weighted by Crippen LogP contribution is -2.46. The first kappa shape index (κ1) is 35.7. The first-order chi connectivity index (χ1) is 25.2. The molecule has 4 aromatic carbocycles. The first-order valence-electron chi connectivity index (χ1n) is 16.9. The van der Waals surface area contributed by atoms with Crippen molar-refractivity contribution in [3.8, 4) is 16.9 Å². The zero-order valence-corrected chi connectivity index (χ0v) is 30.7. The second-order valence-corrected chi connectivity index (χ2v) is 14.5. The number of nitrogens with one attached hydrogen (secondary N) is 3. The van der Waals surface area contributed by atoms with E-state index in [1.54, 1.807) is 48.2 Å². The molecule has 7 rings (SSSR count). The van der Waals surface area contributed by atoms with Crippen LogP contribution in [0.2, 0.25) is 5.02 Å². The third-order valence-electron chi connectivity index (χ3n) is 8.88. The summed E-state index contributed by atoms with van der Waals surface area (Å²) in [5, 5.41) is 7.71. The van der Waals surface area contributed by atoms with Crippen LogP contribution in [0.5, 0.6) is 0 Å². The average Bonchev–Trinajstić information content (AvgIpc) is 3.64. The van der Waals surface area contributed by atoms with E-state index < -0.39 is 11.9 Å². The Balaban J connectivity index is 0.958. The van der Waals surface area contributed by atoms with Crippen molar-refractivity contribution in [3.05, 3.63) is 131 Å².